The molecule has 0 atom stereocenters. The highest BCUT2D eigenvalue weighted by atomic mass is 35.7. The van der Waals surface area contributed by atoms with Crippen LogP contribution in [0.5, 0.6) is 0 Å². The highest BCUT2D eigenvalue weighted by Crippen LogP contribution is 2.19. The fourth-order valence-electron chi connectivity index (χ4n) is 1.49. The Hall–Kier alpha value is -1.15. The summed E-state index contributed by atoms with van der Waals surface area (Å²) in [6.45, 7) is 2.85. The van der Waals surface area contributed by atoms with Crippen molar-refractivity contribution in [1.29, 1.82) is 0 Å². The molecule has 21 heavy (non-hydrogen) atoms. The second kappa shape index (κ2) is 8.33. The molecule has 0 saturated heterocycles. The Labute approximate surface area is 128 Å². The summed E-state index contributed by atoms with van der Waals surface area (Å²) in [6.07, 6.45) is 0. The van der Waals surface area contributed by atoms with Gasteiger partial charge in [-0.25, -0.2) is 13.2 Å². The SMILES string of the molecule is COCCOCCOC(=O)c1cc(S(=O)(=O)Cl)ccc1C. The third-order valence-corrected chi connectivity index (χ3v) is 3.95. The van der Waals surface area contributed by atoms with E-state index >= 15 is 0 Å². The van der Waals surface area contributed by atoms with E-state index in [2.05, 4.69) is 0 Å². The third-order valence-electron chi connectivity index (χ3n) is 2.60. The van der Waals surface area contributed by atoms with Gasteiger partial charge in [0.05, 0.1) is 30.3 Å². The van der Waals surface area contributed by atoms with Crippen LogP contribution in [0.15, 0.2) is 23.1 Å². The van der Waals surface area contributed by atoms with Crippen molar-refractivity contribution in [3.05, 3.63) is 29.3 Å². The van der Waals surface area contributed by atoms with Crippen molar-refractivity contribution in [1.82, 2.24) is 0 Å². The van der Waals surface area contributed by atoms with Gasteiger partial charge in [-0.15, -0.1) is 0 Å². The molecule has 6 nitrogen and oxygen atoms in total. The number of hydrogen-bond donors (Lipinski definition) is 0. The molecule has 0 saturated carbocycles. The van der Waals surface area contributed by atoms with Gasteiger partial charge >= 0.3 is 5.97 Å². The van der Waals surface area contributed by atoms with E-state index in [9.17, 15) is 13.2 Å². The van der Waals surface area contributed by atoms with Gasteiger partial charge in [-0.05, 0) is 24.6 Å². The molecule has 0 aliphatic carbocycles. The molecular weight excluding hydrogens is 320 g/mol. The van der Waals surface area contributed by atoms with Gasteiger partial charge in [-0.2, -0.15) is 0 Å². The number of ether oxygens (including phenoxy) is 3. The smallest absolute Gasteiger partial charge is 0.338 e. The van der Waals surface area contributed by atoms with Gasteiger partial charge in [0.15, 0.2) is 0 Å². The standard InChI is InChI=1S/C13H17ClO6S/c1-10-3-4-11(21(14,16)17)9-12(10)13(15)20-8-7-19-6-5-18-2/h3-4,9H,5-8H2,1-2H3. The zero-order valence-corrected chi connectivity index (χ0v) is 13.4. The average Bonchev–Trinajstić information content (AvgIpc) is 2.41. The Balaban J connectivity index is 2.62. The largest absolute Gasteiger partial charge is 0.460 e. The van der Waals surface area contributed by atoms with Gasteiger partial charge in [-0.1, -0.05) is 6.07 Å². The summed E-state index contributed by atoms with van der Waals surface area (Å²) in [5, 5.41) is 0. The number of hydrogen-bond acceptors (Lipinski definition) is 6. The van der Waals surface area contributed by atoms with Gasteiger partial charge in [0.2, 0.25) is 0 Å². The second-order valence-electron chi connectivity index (χ2n) is 4.16. The summed E-state index contributed by atoms with van der Waals surface area (Å²) in [5.74, 6) is -0.620. The first kappa shape index (κ1) is 17.9. The third kappa shape index (κ3) is 6.01. The summed E-state index contributed by atoms with van der Waals surface area (Å²) < 4.78 is 37.5. The zero-order valence-electron chi connectivity index (χ0n) is 11.8. The molecule has 0 amide bonds. The predicted molar refractivity (Wildman–Crippen MR) is 77.2 cm³/mol. The number of carbonyl (C=O) groups is 1. The fourth-order valence-corrected chi connectivity index (χ4v) is 2.27. The molecule has 0 unspecified atom stereocenters. The lowest BCUT2D eigenvalue weighted by Gasteiger charge is -2.08. The number of benzene rings is 1. The van der Waals surface area contributed by atoms with Gasteiger partial charge in [0.25, 0.3) is 9.05 Å². The van der Waals surface area contributed by atoms with Crippen LogP contribution in [0.3, 0.4) is 0 Å². The summed E-state index contributed by atoms with van der Waals surface area (Å²) in [4.78, 5) is 11.8. The molecule has 0 aromatic heterocycles. The van der Waals surface area contributed by atoms with Crippen LogP contribution < -0.4 is 0 Å². The maximum atomic E-state index is 11.9. The molecule has 0 heterocycles. The number of carbonyl (C=O) groups excluding carboxylic acids is 1. The van der Waals surface area contributed by atoms with Crippen LogP contribution in [0.25, 0.3) is 0 Å². The van der Waals surface area contributed by atoms with Crippen LogP contribution in [-0.2, 0) is 23.3 Å². The number of aryl methyl sites for hydroxylation is 1. The topological polar surface area (TPSA) is 78.9 Å². The summed E-state index contributed by atoms with van der Waals surface area (Å²) >= 11 is 0. The lowest BCUT2D eigenvalue weighted by atomic mass is 10.1. The van der Waals surface area contributed by atoms with E-state index in [-0.39, 0.29) is 23.7 Å². The first-order valence-corrected chi connectivity index (χ1v) is 8.46. The van der Waals surface area contributed by atoms with Crippen LogP contribution >= 0.6 is 10.7 Å². The Kier molecular flexibility index (Phi) is 7.10. The van der Waals surface area contributed by atoms with Crippen molar-refractivity contribution in [3.8, 4) is 0 Å². The Morgan fingerprint density at radius 3 is 2.48 bits per heavy atom. The molecule has 0 aliphatic rings. The number of halogens is 1. The Bertz CT molecular complexity index is 584. The minimum Gasteiger partial charge on any atom is -0.460 e. The van der Waals surface area contributed by atoms with E-state index in [0.29, 0.717) is 18.8 Å². The molecule has 0 fully saturated rings. The van der Waals surface area contributed by atoms with E-state index in [1.165, 1.54) is 18.2 Å². The molecule has 8 heteroatoms. The maximum absolute atomic E-state index is 11.9. The van der Waals surface area contributed by atoms with E-state index in [0.717, 1.165) is 0 Å². The molecule has 118 valence electrons. The average molecular weight is 337 g/mol. The first-order valence-electron chi connectivity index (χ1n) is 6.15. The predicted octanol–water partition coefficient (Wildman–Crippen LogP) is 1.74. The highest BCUT2D eigenvalue weighted by molar-refractivity contribution is 8.13. The Morgan fingerprint density at radius 1 is 1.19 bits per heavy atom. The summed E-state index contributed by atoms with van der Waals surface area (Å²) in [5.41, 5.74) is 0.762. The monoisotopic (exact) mass is 336 g/mol. The van der Waals surface area contributed by atoms with Gasteiger partial charge in [0, 0.05) is 17.8 Å². The normalized spacial score (nSPS) is 11.4. The van der Waals surface area contributed by atoms with Crippen molar-refractivity contribution in [2.45, 2.75) is 11.8 Å². The zero-order chi connectivity index (χ0) is 15.9. The maximum Gasteiger partial charge on any atom is 0.338 e. The molecule has 0 radical (unpaired) electrons. The highest BCUT2D eigenvalue weighted by Gasteiger charge is 2.16. The quantitative estimate of drug-likeness (QED) is 0.409. The number of esters is 1. The number of methoxy groups -OCH3 is 1. The molecule has 0 spiro atoms. The molecular formula is C13H17ClO6S. The Morgan fingerprint density at radius 2 is 1.86 bits per heavy atom. The molecule has 0 N–H and O–H groups in total. The van der Waals surface area contributed by atoms with Crippen LogP contribution in [0.4, 0.5) is 0 Å². The lowest BCUT2D eigenvalue weighted by molar-refractivity contribution is 0.0213. The summed E-state index contributed by atoms with van der Waals surface area (Å²) in [7, 11) is 2.93. The van der Waals surface area contributed by atoms with Crippen molar-refractivity contribution in [2.75, 3.05) is 33.5 Å². The van der Waals surface area contributed by atoms with E-state index in [1.54, 1.807) is 14.0 Å². The van der Waals surface area contributed by atoms with Crippen LogP contribution in [0.2, 0.25) is 0 Å². The van der Waals surface area contributed by atoms with Crippen LogP contribution in [-0.4, -0.2) is 47.9 Å². The molecule has 1 aromatic rings. The molecule has 1 rings (SSSR count). The fraction of sp³-hybridized carbons (Fsp3) is 0.462. The van der Waals surface area contributed by atoms with Gasteiger partial charge < -0.3 is 14.2 Å². The van der Waals surface area contributed by atoms with E-state index in [4.69, 9.17) is 24.9 Å². The van der Waals surface area contributed by atoms with Crippen LogP contribution in [0.1, 0.15) is 15.9 Å². The van der Waals surface area contributed by atoms with Gasteiger partial charge in [0.1, 0.15) is 6.61 Å². The minimum absolute atomic E-state index is 0.0693. The van der Waals surface area contributed by atoms with Gasteiger partial charge in [-0.3, -0.25) is 0 Å². The minimum atomic E-state index is -3.89. The lowest BCUT2D eigenvalue weighted by Crippen LogP contribution is -2.14. The van der Waals surface area contributed by atoms with Crippen molar-refractivity contribution >= 4 is 25.7 Å². The van der Waals surface area contributed by atoms with Crippen molar-refractivity contribution in [3.63, 3.8) is 0 Å². The second-order valence-corrected chi connectivity index (χ2v) is 6.72. The summed E-state index contributed by atoms with van der Waals surface area (Å²) in [6, 6.07) is 4.04. The van der Waals surface area contributed by atoms with E-state index in [1.807, 2.05) is 0 Å². The number of rotatable bonds is 8. The van der Waals surface area contributed by atoms with Crippen molar-refractivity contribution < 1.29 is 27.4 Å². The first-order chi connectivity index (χ1) is 9.86. The molecule has 0 bridgehead atoms. The van der Waals surface area contributed by atoms with E-state index < -0.39 is 15.0 Å². The molecule has 1 aromatic carbocycles. The molecule has 0 aliphatic heterocycles. The van der Waals surface area contributed by atoms with Crippen molar-refractivity contribution in [2.24, 2.45) is 0 Å². The van der Waals surface area contributed by atoms with Crippen LogP contribution in [0, 0.1) is 6.92 Å².